The zero-order chi connectivity index (χ0) is 14.0. The third kappa shape index (κ3) is 3.23. The third-order valence-corrected chi connectivity index (χ3v) is 5.67. The molecule has 1 aromatic carbocycles. The molecule has 3 nitrogen and oxygen atoms in total. The van der Waals surface area contributed by atoms with Gasteiger partial charge in [0.2, 0.25) is 5.52 Å². The van der Waals surface area contributed by atoms with Crippen LogP contribution < -0.4 is 4.52 Å². The molecule has 0 fully saturated rings. The van der Waals surface area contributed by atoms with Crippen molar-refractivity contribution in [3.8, 4) is 5.75 Å². The fourth-order valence-electron chi connectivity index (χ4n) is 1.49. The van der Waals surface area contributed by atoms with E-state index in [1.165, 1.54) is 0 Å². The lowest BCUT2D eigenvalue weighted by atomic mass is 9.99. The van der Waals surface area contributed by atoms with Gasteiger partial charge >= 0.3 is 7.37 Å². The predicted octanol–water partition coefficient (Wildman–Crippen LogP) is 4.32. The monoisotopic (exact) mass is 268 g/mol. The number of carbonyl (C=O) groups is 1. The smallest absolute Gasteiger partial charge is 0.314 e. The fraction of sp³-hybridized carbons (Fsp3) is 0.500. The zero-order valence-corrected chi connectivity index (χ0v) is 12.5. The quantitative estimate of drug-likeness (QED) is 0.763. The maximum atomic E-state index is 12.9. The molecule has 0 spiro atoms. The van der Waals surface area contributed by atoms with Crippen molar-refractivity contribution in [2.45, 2.75) is 40.3 Å². The molecule has 18 heavy (non-hydrogen) atoms. The number of carbonyl (C=O) groups excluding carboxylic acids is 1. The number of hydrogen-bond donors (Lipinski definition) is 0. The number of rotatable bonds is 4. The molecule has 0 amide bonds. The van der Waals surface area contributed by atoms with Gasteiger partial charge < -0.3 is 4.52 Å². The van der Waals surface area contributed by atoms with Crippen molar-refractivity contribution in [1.29, 1.82) is 0 Å². The predicted molar refractivity (Wildman–Crippen MR) is 74.3 cm³/mol. The van der Waals surface area contributed by atoms with Crippen molar-refractivity contribution in [2.24, 2.45) is 5.41 Å². The van der Waals surface area contributed by atoms with Crippen LogP contribution in [0.15, 0.2) is 30.3 Å². The summed E-state index contributed by atoms with van der Waals surface area (Å²) in [4.78, 5) is 12.3. The normalized spacial score (nSPS) is 15.2. The molecule has 0 radical (unpaired) electrons. The summed E-state index contributed by atoms with van der Waals surface area (Å²) in [5.74, 6) is 0.479. The van der Waals surface area contributed by atoms with E-state index in [0.29, 0.717) is 5.75 Å². The lowest BCUT2D eigenvalue weighted by Crippen LogP contribution is -2.26. The molecule has 0 aliphatic heterocycles. The van der Waals surface area contributed by atoms with Crippen LogP contribution in [0.3, 0.4) is 0 Å². The van der Waals surface area contributed by atoms with Crippen LogP contribution in [0, 0.1) is 5.41 Å². The Labute approximate surface area is 109 Å². The van der Waals surface area contributed by atoms with Crippen LogP contribution in [0.25, 0.3) is 0 Å². The van der Waals surface area contributed by atoms with Crippen LogP contribution in [0.4, 0.5) is 0 Å². The van der Waals surface area contributed by atoms with Gasteiger partial charge in [-0.2, -0.15) is 0 Å². The molecule has 0 saturated heterocycles. The summed E-state index contributed by atoms with van der Waals surface area (Å²) < 4.78 is 18.4. The Morgan fingerprint density at radius 3 is 2.06 bits per heavy atom. The van der Waals surface area contributed by atoms with Crippen LogP contribution in [0.5, 0.6) is 5.75 Å². The first-order valence-corrected chi connectivity index (χ1v) is 7.76. The van der Waals surface area contributed by atoms with Gasteiger partial charge in [-0.3, -0.25) is 9.36 Å². The lowest BCUT2D eigenvalue weighted by Gasteiger charge is -2.27. The molecule has 1 atom stereocenters. The van der Waals surface area contributed by atoms with Gasteiger partial charge in [0.25, 0.3) is 0 Å². The van der Waals surface area contributed by atoms with Gasteiger partial charge in [-0.25, -0.2) is 0 Å². The maximum Gasteiger partial charge on any atom is 0.314 e. The molecule has 0 aliphatic rings. The average Bonchev–Trinajstić information content (AvgIpc) is 2.27. The Hall–Kier alpha value is -1.08. The molecular weight excluding hydrogens is 247 g/mol. The van der Waals surface area contributed by atoms with Gasteiger partial charge in [-0.1, -0.05) is 52.8 Å². The second-order valence-electron chi connectivity index (χ2n) is 5.65. The van der Waals surface area contributed by atoms with Crippen LogP contribution in [-0.2, 0) is 9.36 Å². The van der Waals surface area contributed by atoms with Crippen LogP contribution in [0.2, 0.25) is 0 Å². The molecule has 1 unspecified atom stereocenters. The van der Waals surface area contributed by atoms with Gasteiger partial charge in [0.15, 0.2) is 0 Å². The average molecular weight is 268 g/mol. The van der Waals surface area contributed by atoms with Crippen LogP contribution in [0.1, 0.15) is 34.6 Å². The summed E-state index contributed by atoms with van der Waals surface area (Å²) >= 11 is 0. The second-order valence-corrected chi connectivity index (χ2v) is 8.47. The molecule has 0 heterocycles. The lowest BCUT2D eigenvalue weighted by molar-refractivity contribution is -0.119. The molecule has 4 heteroatoms. The Morgan fingerprint density at radius 2 is 1.67 bits per heavy atom. The van der Waals surface area contributed by atoms with Gasteiger partial charge in [0, 0.05) is 11.1 Å². The topological polar surface area (TPSA) is 43.4 Å². The van der Waals surface area contributed by atoms with Crippen molar-refractivity contribution in [3.05, 3.63) is 30.3 Å². The molecule has 0 bridgehead atoms. The summed E-state index contributed by atoms with van der Waals surface area (Å²) in [5, 5.41) is 0. The SMILES string of the molecule is CC(C)P(=O)(Oc1ccccc1)C(=O)C(C)(C)C. The molecule has 1 rings (SSSR count). The van der Waals surface area contributed by atoms with E-state index in [-0.39, 0.29) is 11.2 Å². The Balaban J connectivity index is 3.11. The van der Waals surface area contributed by atoms with Crippen molar-refractivity contribution in [1.82, 2.24) is 0 Å². The first-order valence-electron chi connectivity index (χ1n) is 6.07. The van der Waals surface area contributed by atoms with Crippen LogP contribution >= 0.6 is 7.37 Å². The van der Waals surface area contributed by atoms with E-state index >= 15 is 0 Å². The first-order chi connectivity index (χ1) is 8.18. The minimum absolute atomic E-state index is 0.311. The molecule has 0 aromatic heterocycles. The summed E-state index contributed by atoms with van der Waals surface area (Å²) in [6.45, 7) is 8.80. The number of para-hydroxylation sites is 1. The van der Waals surface area contributed by atoms with Crippen LogP contribution in [-0.4, -0.2) is 11.2 Å². The highest BCUT2D eigenvalue weighted by atomic mass is 31.2. The van der Waals surface area contributed by atoms with Crippen molar-refractivity contribution in [3.63, 3.8) is 0 Å². The molecular formula is C14H21O3P. The molecule has 0 N–H and O–H groups in total. The number of hydrogen-bond acceptors (Lipinski definition) is 3. The molecule has 100 valence electrons. The maximum absolute atomic E-state index is 12.9. The van der Waals surface area contributed by atoms with E-state index in [4.69, 9.17) is 4.52 Å². The van der Waals surface area contributed by atoms with Crippen molar-refractivity contribution < 1.29 is 13.9 Å². The van der Waals surface area contributed by atoms with E-state index in [9.17, 15) is 9.36 Å². The Bertz CT molecular complexity index is 458. The zero-order valence-electron chi connectivity index (χ0n) is 11.6. The minimum Gasteiger partial charge on any atom is -0.438 e. The summed E-state index contributed by atoms with van der Waals surface area (Å²) in [6, 6.07) is 8.86. The Kier molecular flexibility index (Phi) is 4.39. The summed E-state index contributed by atoms with van der Waals surface area (Å²) in [7, 11) is -3.36. The van der Waals surface area contributed by atoms with Gasteiger partial charge in [-0.15, -0.1) is 0 Å². The van der Waals surface area contributed by atoms with E-state index in [1.54, 1.807) is 58.9 Å². The van der Waals surface area contributed by atoms with Gasteiger partial charge in [-0.05, 0) is 12.1 Å². The third-order valence-electron chi connectivity index (χ3n) is 2.59. The van der Waals surface area contributed by atoms with E-state index < -0.39 is 12.8 Å². The van der Waals surface area contributed by atoms with Gasteiger partial charge in [0.1, 0.15) is 5.75 Å². The van der Waals surface area contributed by atoms with E-state index in [0.717, 1.165) is 0 Å². The number of benzene rings is 1. The largest absolute Gasteiger partial charge is 0.438 e. The minimum atomic E-state index is -3.36. The molecule has 1 aromatic rings. The Morgan fingerprint density at radius 1 is 1.17 bits per heavy atom. The molecule has 0 saturated carbocycles. The standard InChI is InChI=1S/C14H21O3P/c1-11(2)18(16,13(15)14(3,4)5)17-12-9-7-6-8-10-12/h6-11H,1-5H3. The fourth-order valence-corrected chi connectivity index (χ4v) is 3.62. The first kappa shape index (κ1) is 15.0. The highest BCUT2D eigenvalue weighted by Gasteiger charge is 2.44. The molecule has 0 aliphatic carbocycles. The van der Waals surface area contributed by atoms with E-state index in [2.05, 4.69) is 0 Å². The second kappa shape index (κ2) is 5.27. The van der Waals surface area contributed by atoms with E-state index in [1.807, 2.05) is 6.07 Å². The van der Waals surface area contributed by atoms with Gasteiger partial charge in [0.05, 0.1) is 0 Å². The summed E-state index contributed by atoms with van der Waals surface area (Å²) in [6.07, 6.45) is 0. The van der Waals surface area contributed by atoms with Crippen molar-refractivity contribution in [2.75, 3.05) is 0 Å². The highest BCUT2D eigenvalue weighted by molar-refractivity contribution is 7.77. The highest BCUT2D eigenvalue weighted by Crippen LogP contribution is 2.56. The summed E-state index contributed by atoms with van der Waals surface area (Å²) in [5.41, 5.74) is -1.31. The van der Waals surface area contributed by atoms with Crippen molar-refractivity contribution >= 4 is 12.9 Å².